The summed E-state index contributed by atoms with van der Waals surface area (Å²) < 4.78 is 29.0. The SMILES string of the molecule is C=CC(=O)N1CCCCC(n2c(-c3c(C(N)=O)ccnc3C)nc3cc(CN4CC(F)(F)C4)cc(C)c32)C1. The number of hydrogen-bond donors (Lipinski definition) is 1. The molecular formula is C28H32F2N6O2. The quantitative estimate of drug-likeness (QED) is 0.494. The van der Waals surface area contributed by atoms with Crippen molar-refractivity contribution >= 4 is 22.8 Å². The molecule has 2 amide bonds. The summed E-state index contributed by atoms with van der Waals surface area (Å²) in [4.78, 5) is 38.0. The molecule has 0 aliphatic carbocycles. The van der Waals surface area contributed by atoms with Crippen LogP contribution in [0.4, 0.5) is 8.78 Å². The molecule has 2 aliphatic rings. The average Bonchev–Trinajstić information content (AvgIpc) is 3.04. The Kier molecular flexibility index (Phi) is 6.77. The minimum atomic E-state index is -2.63. The van der Waals surface area contributed by atoms with Crippen molar-refractivity contribution in [2.45, 2.75) is 51.6 Å². The van der Waals surface area contributed by atoms with Crippen molar-refractivity contribution in [1.82, 2.24) is 24.3 Å². The Morgan fingerprint density at radius 3 is 2.68 bits per heavy atom. The lowest BCUT2D eigenvalue weighted by Crippen LogP contribution is -2.55. The first-order chi connectivity index (χ1) is 18.1. The molecular weight excluding hydrogens is 490 g/mol. The number of pyridine rings is 1. The van der Waals surface area contributed by atoms with E-state index < -0.39 is 11.8 Å². The molecule has 4 heterocycles. The van der Waals surface area contributed by atoms with Gasteiger partial charge in [-0.05, 0) is 62.4 Å². The van der Waals surface area contributed by atoms with Crippen molar-refractivity contribution in [1.29, 1.82) is 0 Å². The Hall–Kier alpha value is -3.66. The average molecular weight is 523 g/mol. The molecule has 2 aliphatic heterocycles. The molecule has 3 aromatic rings. The normalized spacial score (nSPS) is 19.7. The maximum absolute atomic E-state index is 13.4. The van der Waals surface area contributed by atoms with Gasteiger partial charge >= 0.3 is 0 Å². The number of halogens is 2. The number of nitrogens with zero attached hydrogens (tertiary/aromatic N) is 5. The van der Waals surface area contributed by atoms with Crippen molar-refractivity contribution in [2.75, 3.05) is 26.2 Å². The number of primary amides is 1. The highest BCUT2D eigenvalue weighted by Gasteiger charge is 2.43. The number of carbonyl (C=O) groups excluding carboxylic acids is 2. The van der Waals surface area contributed by atoms with E-state index in [2.05, 4.69) is 16.1 Å². The summed E-state index contributed by atoms with van der Waals surface area (Å²) >= 11 is 0. The van der Waals surface area contributed by atoms with E-state index in [1.807, 2.05) is 26.0 Å². The first-order valence-electron chi connectivity index (χ1n) is 12.9. The van der Waals surface area contributed by atoms with Crippen molar-refractivity contribution in [3.8, 4) is 11.4 Å². The van der Waals surface area contributed by atoms with Crippen molar-refractivity contribution in [3.05, 3.63) is 59.4 Å². The topological polar surface area (TPSA) is 97.4 Å². The molecule has 5 rings (SSSR count). The lowest BCUT2D eigenvalue weighted by molar-refractivity contribution is -0.133. The highest BCUT2D eigenvalue weighted by Crippen LogP contribution is 2.37. The smallest absolute Gasteiger partial charge is 0.272 e. The van der Waals surface area contributed by atoms with Crippen LogP contribution in [0.25, 0.3) is 22.4 Å². The number of benzene rings is 1. The van der Waals surface area contributed by atoms with Crippen LogP contribution in [0.15, 0.2) is 37.1 Å². The Morgan fingerprint density at radius 2 is 2.00 bits per heavy atom. The molecule has 10 heteroatoms. The van der Waals surface area contributed by atoms with Crippen molar-refractivity contribution < 1.29 is 18.4 Å². The summed E-state index contributed by atoms with van der Waals surface area (Å²) in [7, 11) is 0. The third-order valence-corrected chi connectivity index (χ3v) is 7.48. The number of fused-ring (bicyclic) bond motifs is 1. The molecule has 0 spiro atoms. The fourth-order valence-corrected chi connectivity index (χ4v) is 5.82. The van der Waals surface area contributed by atoms with Gasteiger partial charge in [-0.15, -0.1) is 0 Å². The monoisotopic (exact) mass is 522 g/mol. The van der Waals surface area contributed by atoms with Crippen LogP contribution < -0.4 is 5.73 Å². The van der Waals surface area contributed by atoms with Crippen molar-refractivity contribution in [3.63, 3.8) is 0 Å². The van der Waals surface area contributed by atoms with Gasteiger partial charge in [0.25, 0.3) is 5.92 Å². The van der Waals surface area contributed by atoms with Gasteiger partial charge in [-0.1, -0.05) is 12.6 Å². The van der Waals surface area contributed by atoms with E-state index in [1.165, 1.54) is 6.08 Å². The van der Waals surface area contributed by atoms with Crippen LogP contribution in [-0.2, 0) is 11.3 Å². The number of aryl methyl sites for hydroxylation is 2. The molecule has 1 unspecified atom stereocenters. The second-order valence-corrected chi connectivity index (χ2v) is 10.4. The number of alkyl halides is 2. The second kappa shape index (κ2) is 9.90. The molecule has 0 saturated carbocycles. The first kappa shape index (κ1) is 26.0. The number of rotatable bonds is 6. The number of nitrogens with two attached hydrogens (primary N) is 1. The molecule has 0 bridgehead atoms. The van der Waals surface area contributed by atoms with Gasteiger partial charge in [0.1, 0.15) is 5.82 Å². The third-order valence-electron chi connectivity index (χ3n) is 7.48. The van der Waals surface area contributed by atoms with Gasteiger partial charge in [-0.25, -0.2) is 13.8 Å². The van der Waals surface area contributed by atoms with Crippen LogP contribution >= 0.6 is 0 Å². The number of amides is 2. The fourth-order valence-electron chi connectivity index (χ4n) is 5.82. The fraction of sp³-hybridized carbons (Fsp3) is 0.429. The molecule has 1 aromatic carbocycles. The van der Waals surface area contributed by atoms with Gasteiger partial charge in [0.05, 0.1) is 41.3 Å². The van der Waals surface area contributed by atoms with Gasteiger partial charge in [0.15, 0.2) is 0 Å². The van der Waals surface area contributed by atoms with Crippen molar-refractivity contribution in [2.24, 2.45) is 5.73 Å². The van der Waals surface area contributed by atoms with E-state index in [9.17, 15) is 18.4 Å². The Bertz CT molecular complexity index is 1420. The van der Waals surface area contributed by atoms with Gasteiger partial charge in [0.2, 0.25) is 11.8 Å². The lowest BCUT2D eigenvalue weighted by atomic mass is 10.0. The number of likely N-dealkylation sites (tertiary alicyclic amines) is 2. The molecule has 2 saturated heterocycles. The predicted octanol–water partition coefficient (Wildman–Crippen LogP) is 4.00. The van der Waals surface area contributed by atoms with E-state index in [4.69, 9.17) is 10.7 Å². The summed E-state index contributed by atoms with van der Waals surface area (Å²) in [5.74, 6) is -2.77. The maximum atomic E-state index is 13.4. The van der Waals surface area contributed by atoms with Crippen LogP contribution in [0.3, 0.4) is 0 Å². The largest absolute Gasteiger partial charge is 0.366 e. The van der Waals surface area contributed by atoms with Gasteiger partial charge in [-0.3, -0.25) is 19.5 Å². The second-order valence-electron chi connectivity index (χ2n) is 10.4. The highest BCUT2D eigenvalue weighted by molar-refractivity contribution is 6.00. The molecule has 38 heavy (non-hydrogen) atoms. The third kappa shape index (κ3) is 4.80. The van der Waals surface area contributed by atoms with Gasteiger partial charge in [0, 0.05) is 31.5 Å². The van der Waals surface area contributed by atoms with Crippen LogP contribution in [0.1, 0.15) is 52.5 Å². The summed E-state index contributed by atoms with van der Waals surface area (Å²) in [6, 6.07) is 5.42. The van der Waals surface area contributed by atoms with E-state index in [1.54, 1.807) is 22.1 Å². The zero-order chi connectivity index (χ0) is 27.2. The molecule has 1 atom stereocenters. The highest BCUT2D eigenvalue weighted by atomic mass is 19.3. The Balaban J connectivity index is 1.68. The van der Waals surface area contributed by atoms with Gasteiger partial charge < -0.3 is 15.2 Å². The summed E-state index contributed by atoms with van der Waals surface area (Å²) in [6.45, 7) is 8.46. The van der Waals surface area contributed by atoms with Crippen LogP contribution in [-0.4, -0.2) is 68.3 Å². The first-order valence-corrected chi connectivity index (χ1v) is 12.9. The Morgan fingerprint density at radius 1 is 1.24 bits per heavy atom. The maximum Gasteiger partial charge on any atom is 0.272 e. The Labute approximate surface area is 220 Å². The van der Waals surface area contributed by atoms with E-state index in [0.29, 0.717) is 47.8 Å². The van der Waals surface area contributed by atoms with Crippen LogP contribution in [0.2, 0.25) is 0 Å². The van der Waals surface area contributed by atoms with Gasteiger partial charge in [-0.2, -0.15) is 0 Å². The molecule has 8 nitrogen and oxygen atoms in total. The summed E-state index contributed by atoms with van der Waals surface area (Å²) in [5.41, 5.74) is 10.7. The number of carbonyl (C=O) groups is 2. The zero-order valence-corrected chi connectivity index (χ0v) is 21.7. The molecule has 0 radical (unpaired) electrons. The van der Waals surface area contributed by atoms with Crippen LogP contribution in [0.5, 0.6) is 0 Å². The van der Waals surface area contributed by atoms with Crippen LogP contribution in [0, 0.1) is 13.8 Å². The molecule has 2 fully saturated rings. The molecule has 200 valence electrons. The molecule has 2 N–H and O–H groups in total. The van der Waals surface area contributed by atoms with E-state index in [-0.39, 0.29) is 25.0 Å². The number of hydrogen-bond acceptors (Lipinski definition) is 5. The summed E-state index contributed by atoms with van der Waals surface area (Å²) in [5, 5.41) is 0. The zero-order valence-electron chi connectivity index (χ0n) is 21.7. The minimum Gasteiger partial charge on any atom is -0.366 e. The number of imidazole rings is 1. The van der Waals surface area contributed by atoms with E-state index in [0.717, 1.165) is 35.9 Å². The van der Waals surface area contributed by atoms with E-state index >= 15 is 0 Å². The minimum absolute atomic E-state index is 0.111. The predicted molar refractivity (Wildman–Crippen MR) is 141 cm³/mol. The lowest BCUT2D eigenvalue weighted by Gasteiger charge is -2.38. The standard InChI is InChI=1S/C28H32F2N6O2/c1-4-23(37)35-10-6-5-7-20(14-35)36-25-17(2)11-19(13-34-15-28(29,30)16-34)12-22(25)33-27(36)24-18(3)32-9-8-21(24)26(31)38/h4,8-9,11-12,20H,1,5-7,10,13-16H2,2-3H3,(H2,31,38). The number of aromatic nitrogens is 3. The summed E-state index contributed by atoms with van der Waals surface area (Å²) in [6.07, 6.45) is 5.49. The molecule has 2 aromatic heterocycles.